The number of benzene rings is 1. The summed E-state index contributed by atoms with van der Waals surface area (Å²) in [6.45, 7) is 2.16. The number of amides is 1. The van der Waals surface area contributed by atoms with E-state index in [2.05, 4.69) is 27.1 Å². The van der Waals surface area contributed by atoms with Crippen LogP contribution >= 0.6 is 0 Å². The lowest BCUT2D eigenvalue weighted by molar-refractivity contribution is -0.274. The molecular weight excluding hydrogens is 466 g/mol. The normalized spacial score (nSPS) is 19.3. The maximum absolute atomic E-state index is 13.0. The van der Waals surface area contributed by atoms with Gasteiger partial charge in [0.1, 0.15) is 11.4 Å². The highest BCUT2D eigenvalue weighted by molar-refractivity contribution is 6.05. The lowest BCUT2D eigenvalue weighted by atomic mass is 9.87. The zero-order valence-corrected chi connectivity index (χ0v) is 17.9. The minimum Gasteiger partial charge on any atom is -0.403 e. The lowest BCUT2D eigenvalue weighted by Crippen LogP contribution is -2.20. The number of ether oxygens (including phenoxy) is 1. The van der Waals surface area contributed by atoms with Crippen LogP contribution in [0.15, 0.2) is 36.5 Å². The SMILES string of the molecule is C[C@H]1CC[C@H](n2cc3cc(NC(=O)c4cccc(C(F)(F)F)n4)c(OC(F)(F)F)cc3n2)CC1. The molecular formula is C22H20F6N4O2. The van der Waals surface area contributed by atoms with Crippen molar-refractivity contribution in [1.82, 2.24) is 14.8 Å². The van der Waals surface area contributed by atoms with Crippen LogP contribution in [0, 0.1) is 5.92 Å². The van der Waals surface area contributed by atoms with Crippen molar-refractivity contribution in [3.05, 3.63) is 47.9 Å². The molecule has 3 aromatic rings. The van der Waals surface area contributed by atoms with Crippen LogP contribution in [0.3, 0.4) is 0 Å². The van der Waals surface area contributed by atoms with Crippen LogP contribution in [-0.4, -0.2) is 27.0 Å². The van der Waals surface area contributed by atoms with E-state index in [1.807, 2.05) is 0 Å². The van der Waals surface area contributed by atoms with E-state index in [1.54, 1.807) is 10.9 Å². The number of hydrogen-bond acceptors (Lipinski definition) is 4. The monoisotopic (exact) mass is 486 g/mol. The topological polar surface area (TPSA) is 69.0 Å². The summed E-state index contributed by atoms with van der Waals surface area (Å²) in [4.78, 5) is 15.8. The molecule has 4 rings (SSSR count). The van der Waals surface area contributed by atoms with E-state index in [0.717, 1.165) is 43.9 Å². The molecule has 1 aliphatic carbocycles. The molecule has 2 aromatic heterocycles. The van der Waals surface area contributed by atoms with E-state index in [4.69, 9.17) is 0 Å². The first-order valence-corrected chi connectivity index (χ1v) is 10.5. The third kappa shape index (κ3) is 5.42. The van der Waals surface area contributed by atoms with Gasteiger partial charge in [-0.05, 0) is 49.8 Å². The summed E-state index contributed by atoms with van der Waals surface area (Å²) in [5.41, 5.74) is -2.05. The Balaban J connectivity index is 1.67. The Bertz CT molecular complexity index is 1200. The number of carbonyl (C=O) groups is 1. The van der Waals surface area contributed by atoms with Gasteiger partial charge in [0.25, 0.3) is 5.91 Å². The summed E-state index contributed by atoms with van der Waals surface area (Å²) in [6, 6.07) is 5.08. The first kappa shape index (κ1) is 23.8. The van der Waals surface area contributed by atoms with Gasteiger partial charge in [-0.25, -0.2) is 4.98 Å². The van der Waals surface area contributed by atoms with Crippen LogP contribution in [-0.2, 0) is 6.18 Å². The minimum absolute atomic E-state index is 0.0999. The molecule has 0 unspecified atom stereocenters. The summed E-state index contributed by atoms with van der Waals surface area (Å²) in [5.74, 6) is -1.26. The molecule has 12 heteroatoms. The molecule has 0 spiro atoms. The van der Waals surface area contributed by atoms with Crippen molar-refractivity contribution >= 4 is 22.5 Å². The molecule has 1 aliphatic rings. The molecule has 2 heterocycles. The van der Waals surface area contributed by atoms with Gasteiger partial charge >= 0.3 is 12.5 Å². The van der Waals surface area contributed by atoms with Gasteiger partial charge in [-0.1, -0.05) is 13.0 Å². The van der Waals surface area contributed by atoms with Crippen molar-refractivity contribution in [2.45, 2.75) is 51.2 Å². The van der Waals surface area contributed by atoms with Gasteiger partial charge in [-0.2, -0.15) is 18.3 Å². The Morgan fingerprint density at radius 2 is 1.79 bits per heavy atom. The Morgan fingerprint density at radius 3 is 2.44 bits per heavy atom. The Kier molecular flexibility index (Phi) is 6.17. The smallest absolute Gasteiger partial charge is 0.403 e. The van der Waals surface area contributed by atoms with E-state index < -0.39 is 35.6 Å². The second-order valence-electron chi connectivity index (χ2n) is 8.34. The number of pyridine rings is 1. The van der Waals surface area contributed by atoms with Crippen LogP contribution < -0.4 is 10.1 Å². The number of nitrogens with zero attached hydrogens (tertiary/aromatic N) is 3. The molecule has 34 heavy (non-hydrogen) atoms. The maximum atomic E-state index is 13.0. The van der Waals surface area contributed by atoms with Gasteiger partial charge in [-0.15, -0.1) is 13.2 Å². The van der Waals surface area contributed by atoms with Gasteiger partial charge in [0.2, 0.25) is 0 Å². The van der Waals surface area contributed by atoms with Crippen molar-refractivity contribution in [2.75, 3.05) is 5.32 Å². The van der Waals surface area contributed by atoms with Crippen molar-refractivity contribution < 1.29 is 35.9 Å². The summed E-state index contributed by atoms with van der Waals surface area (Å²) in [5, 5.41) is 7.02. The maximum Gasteiger partial charge on any atom is 0.573 e. The van der Waals surface area contributed by atoms with Crippen LogP contribution in [0.4, 0.5) is 32.0 Å². The average Bonchev–Trinajstić information content (AvgIpc) is 3.15. The fraction of sp³-hybridized carbons (Fsp3) is 0.409. The van der Waals surface area contributed by atoms with Crippen molar-refractivity contribution in [3.63, 3.8) is 0 Å². The fourth-order valence-corrected chi connectivity index (χ4v) is 3.98. The zero-order valence-electron chi connectivity index (χ0n) is 17.9. The molecule has 0 atom stereocenters. The number of halogens is 6. The molecule has 1 amide bonds. The zero-order chi connectivity index (χ0) is 24.7. The van der Waals surface area contributed by atoms with Crippen LogP contribution in [0.1, 0.15) is 54.8 Å². The molecule has 0 bridgehead atoms. The van der Waals surface area contributed by atoms with Gasteiger partial charge in [0, 0.05) is 17.6 Å². The molecule has 1 fully saturated rings. The largest absolute Gasteiger partial charge is 0.573 e. The number of alkyl halides is 6. The summed E-state index contributed by atoms with van der Waals surface area (Å²) in [7, 11) is 0. The van der Waals surface area contributed by atoms with Crippen molar-refractivity contribution in [2.24, 2.45) is 5.92 Å². The molecule has 182 valence electrons. The highest BCUT2D eigenvalue weighted by Crippen LogP contribution is 2.37. The van der Waals surface area contributed by atoms with E-state index in [-0.39, 0.29) is 17.2 Å². The Hall–Kier alpha value is -3.31. The third-order valence-corrected chi connectivity index (χ3v) is 5.73. The Morgan fingerprint density at radius 1 is 1.09 bits per heavy atom. The lowest BCUT2D eigenvalue weighted by Gasteiger charge is -2.26. The molecule has 0 saturated heterocycles. The standard InChI is InChI=1S/C22H20F6N4O2/c1-12-5-7-14(8-6-12)32-11-13-9-17(18(10-16(13)31-32)34-22(26,27)28)30-20(33)15-3-2-4-19(29-15)21(23,24)25/h2-4,9-12,14H,5-8H2,1H3,(H,30,33)/t12-,14-. The van der Waals surface area contributed by atoms with Gasteiger partial charge in [-0.3, -0.25) is 9.48 Å². The predicted molar refractivity (Wildman–Crippen MR) is 110 cm³/mol. The van der Waals surface area contributed by atoms with Crippen LogP contribution in [0.5, 0.6) is 5.75 Å². The first-order chi connectivity index (χ1) is 15.9. The quantitative estimate of drug-likeness (QED) is 0.436. The summed E-state index contributed by atoms with van der Waals surface area (Å²) >= 11 is 0. The number of nitrogens with one attached hydrogen (secondary N) is 1. The van der Waals surface area contributed by atoms with Crippen molar-refractivity contribution in [1.29, 1.82) is 0 Å². The number of anilines is 1. The summed E-state index contributed by atoms with van der Waals surface area (Å²) in [6.07, 6.45) is -4.40. The number of hydrogen-bond donors (Lipinski definition) is 1. The van der Waals surface area contributed by atoms with Crippen LogP contribution in [0.25, 0.3) is 10.9 Å². The van der Waals surface area contributed by atoms with Crippen molar-refractivity contribution in [3.8, 4) is 5.75 Å². The first-order valence-electron chi connectivity index (χ1n) is 10.5. The second-order valence-corrected chi connectivity index (χ2v) is 8.34. The molecule has 1 N–H and O–H groups in total. The number of carbonyl (C=O) groups excluding carboxylic acids is 1. The number of aromatic nitrogens is 3. The molecule has 1 aromatic carbocycles. The average molecular weight is 486 g/mol. The minimum atomic E-state index is -5.07. The second kappa shape index (κ2) is 8.80. The van der Waals surface area contributed by atoms with E-state index in [1.165, 1.54) is 6.07 Å². The van der Waals surface area contributed by atoms with Crippen LogP contribution in [0.2, 0.25) is 0 Å². The Labute approximate surface area is 189 Å². The van der Waals surface area contributed by atoms with Gasteiger partial charge in [0.15, 0.2) is 5.75 Å². The molecule has 1 saturated carbocycles. The predicted octanol–water partition coefficient (Wildman–Crippen LogP) is 6.35. The molecule has 0 aliphatic heterocycles. The molecule has 6 nitrogen and oxygen atoms in total. The summed E-state index contributed by atoms with van der Waals surface area (Å²) < 4.78 is 83.5. The van der Waals surface area contributed by atoms with E-state index in [0.29, 0.717) is 17.4 Å². The highest BCUT2D eigenvalue weighted by Gasteiger charge is 2.34. The third-order valence-electron chi connectivity index (χ3n) is 5.73. The van der Waals surface area contributed by atoms with E-state index in [9.17, 15) is 31.1 Å². The fourth-order valence-electron chi connectivity index (χ4n) is 3.98. The van der Waals surface area contributed by atoms with E-state index >= 15 is 0 Å². The number of fused-ring (bicyclic) bond motifs is 1. The number of rotatable bonds is 4. The van der Waals surface area contributed by atoms with Gasteiger partial charge in [0.05, 0.1) is 17.2 Å². The molecule has 0 radical (unpaired) electrons. The van der Waals surface area contributed by atoms with Gasteiger partial charge < -0.3 is 10.1 Å². The highest BCUT2D eigenvalue weighted by atomic mass is 19.4.